The van der Waals surface area contributed by atoms with Crippen LogP contribution in [0.3, 0.4) is 0 Å². The fourth-order valence-electron chi connectivity index (χ4n) is 3.96. The number of hydrogen-bond donors (Lipinski definition) is 1. The number of allylic oxidation sites excluding steroid dienone is 1. The maximum Gasteiger partial charge on any atom is 0.252 e. The van der Waals surface area contributed by atoms with Gasteiger partial charge in [0, 0.05) is 31.9 Å². The number of para-hydroxylation sites is 2. The number of carbonyl (C=O) groups excluding carboxylic acids is 1. The van der Waals surface area contributed by atoms with Gasteiger partial charge in [0.1, 0.15) is 5.82 Å². The fourth-order valence-corrected chi connectivity index (χ4v) is 3.96. The standard InChI is InChI=1S/C28H30N4O3/c1-3-8-21-12-13-25(26(19-21)34-2)35-18-7-17-32-24-11-5-4-10-23(24)31-27(32)14-16-30-28(33)22-9-6-15-29-20-22/h3-6,8-13,15,19-20H,7,14,16-18H2,1-2H3,(H,30,33)/b8-3+. The number of imidazole rings is 1. The Morgan fingerprint density at radius 2 is 2.00 bits per heavy atom. The van der Waals surface area contributed by atoms with Gasteiger partial charge in [0.05, 0.1) is 30.3 Å². The number of aryl methyl sites for hydroxylation is 1. The highest BCUT2D eigenvalue weighted by atomic mass is 16.5. The zero-order valence-corrected chi connectivity index (χ0v) is 20.1. The lowest BCUT2D eigenvalue weighted by Gasteiger charge is -2.13. The first-order chi connectivity index (χ1) is 17.2. The second-order valence-corrected chi connectivity index (χ2v) is 8.03. The number of aromatic nitrogens is 3. The van der Waals surface area contributed by atoms with Crippen molar-refractivity contribution in [1.82, 2.24) is 19.9 Å². The first kappa shape index (κ1) is 24.0. The van der Waals surface area contributed by atoms with Gasteiger partial charge < -0.3 is 19.4 Å². The molecule has 0 saturated carbocycles. The molecule has 0 radical (unpaired) electrons. The number of rotatable bonds is 11. The van der Waals surface area contributed by atoms with E-state index >= 15 is 0 Å². The minimum Gasteiger partial charge on any atom is -0.493 e. The molecule has 7 heteroatoms. The molecule has 2 aromatic carbocycles. The molecule has 0 aliphatic carbocycles. The van der Waals surface area contributed by atoms with Crippen LogP contribution in [0.1, 0.15) is 35.1 Å². The van der Waals surface area contributed by atoms with Crippen LogP contribution < -0.4 is 14.8 Å². The number of carbonyl (C=O) groups is 1. The Morgan fingerprint density at radius 1 is 1.11 bits per heavy atom. The molecule has 4 rings (SSSR count). The largest absolute Gasteiger partial charge is 0.493 e. The summed E-state index contributed by atoms with van der Waals surface area (Å²) in [6, 6.07) is 17.5. The van der Waals surface area contributed by atoms with Gasteiger partial charge >= 0.3 is 0 Å². The van der Waals surface area contributed by atoms with Gasteiger partial charge in [-0.15, -0.1) is 0 Å². The number of pyridine rings is 1. The minimum atomic E-state index is -0.136. The molecule has 4 aromatic rings. The molecule has 0 fully saturated rings. The molecule has 0 spiro atoms. The van der Waals surface area contributed by atoms with Crippen LogP contribution in [-0.2, 0) is 13.0 Å². The highest BCUT2D eigenvalue weighted by Gasteiger charge is 2.12. The zero-order chi connectivity index (χ0) is 24.5. The topological polar surface area (TPSA) is 78.3 Å². The molecule has 0 bridgehead atoms. The third kappa shape index (κ3) is 6.06. The van der Waals surface area contributed by atoms with Gasteiger partial charge in [-0.1, -0.05) is 30.4 Å². The van der Waals surface area contributed by atoms with Crippen molar-refractivity contribution in [3.8, 4) is 11.5 Å². The molecule has 2 heterocycles. The molecule has 1 amide bonds. The Bertz CT molecular complexity index is 1300. The highest BCUT2D eigenvalue weighted by molar-refractivity contribution is 5.93. The summed E-state index contributed by atoms with van der Waals surface area (Å²) in [7, 11) is 1.65. The van der Waals surface area contributed by atoms with E-state index in [2.05, 4.69) is 20.9 Å². The Morgan fingerprint density at radius 3 is 2.80 bits per heavy atom. The molecule has 0 saturated heterocycles. The van der Waals surface area contributed by atoms with Gasteiger partial charge in [-0.25, -0.2) is 4.98 Å². The van der Waals surface area contributed by atoms with E-state index in [1.807, 2.05) is 55.5 Å². The quantitative estimate of drug-likeness (QED) is 0.315. The van der Waals surface area contributed by atoms with E-state index in [1.165, 1.54) is 0 Å². The Kier molecular flexibility index (Phi) is 8.12. The van der Waals surface area contributed by atoms with Crippen molar-refractivity contribution in [2.24, 2.45) is 0 Å². The average molecular weight is 471 g/mol. The minimum absolute atomic E-state index is 0.136. The number of hydrogen-bond acceptors (Lipinski definition) is 5. The van der Waals surface area contributed by atoms with Gasteiger partial charge in [0.15, 0.2) is 11.5 Å². The number of nitrogens with one attached hydrogen (secondary N) is 1. The molecule has 180 valence electrons. The van der Waals surface area contributed by atoms with Crippen LogP contribution in [0.25, 0.3) is 17.1 Å². The molecular weight excluding hydrogens is 440 g/mol. The fraction of sp³-hybridized carbons (Fsp3) is 0.250. The van der Waals surface area contributed by atoms with E-state index < -0.39 is 0 Å². The summed E-state index contributed by atoms with van der Waals surface area (Å²) in [6.45, 7) is 3.78. The van der Waals surface area contributed by atoms with E-state index in [0.717, 1.165) is 46.9 Å². The third-order valence-electron chi connectivity index (χ3n) is 5.62. The van der Waals surface area contributed by atoms with Crippen molar-refractivity contribution in [3.05, 3.63) is 90.0 Å². The van der Waals surface area contributed by atoms with E-state index in [0.29, 0.717) is 25.1 Å². The lowest BCUT2D eigenvalue weighted by Crippen LogP contribution is -2.26. The number of ether oxygens (including phenoxy) is 2. The number of amides is 1. The summed E-state index contributed by atoms with van der Waals surface area (Å²) < 4.78 is 13.7. The van der Waals surface area contributed by atoms with Crippen LogP contribution in [0.15, 0.2) is 73.1 Å². The molecule has 7 nitrogen and oxygen atoms in total. The van der Waals surface area contributed by atoms with E-state index in [9.17, 15) is 4.79 Å². The first-order valence-electron chi connectivity index (χ1n) is 11.8. The summed E-state index contributed by atoms with van der Waals surface area (Å²) in [5, 5.41) is 2.96. The predicted molar refractivity (Wildman–Crippen MR) is 138 cm³/mol. The van der Waals surface area contributed by atoms with Crippen molar-refractivity contribution in [2.75, 3.05) is 20.3 Å². The van der Waals surface area contributed by atoms with Gasteiger partial charge in [-0.2, -0.15) is 0 Å². The maximum absolute atomic E-state index is 12.3. The third-order valence-corrected chi connectivity index (χ3v) is 5.62. The number of nitrogens with zero attached hydrogens (tertiary/aromatic N) is 3. The molecule has 1 N–H and O–H groups in total. The smallest absolute Gasteiger partial charge is 0.252 e. The number of fused-ring (bicyclic) bond motifs is 1. The van der Waals surface area contributed by atoms with Crippen molar-refractivity contribution < 1.29 is 14.3 Å². The molecule has 35 heavy (non-hydrogen) atoms. The van der Waals surface area contributed by atoms with Crippen LogP contribution in [0.2, 0.25) is 0 Å². The van der Waals surface area contributed by atoms with Crippen molar-refractivity contribution in [2.45, 2.75) is 26.3 Å². The molecule has 0 unspecified atom stereocenters. The predicted octanol–water partition coefficient (Wildman–Crippen LogP) is 4.91. The molecule has 0 aliphatic heterocycles. The maximum atomic E-state index is 12.3. The van der Waals surface area contributed by atoms with Gasteiger partial charge in [0.25, 0.3) is 5.91 Å². The highest BCUT2D eigenvalue weighted by Crippen LogP contribution is 2.29. The summed E-state index contributed by atoms with van der Waals surface area (Å²) in [6.07, 6.45) is 8.66. The SMILES string of the molecule is C/C=C/c1ccc(OCCCn2c(CCNC(=O)c3cccnc3)nc3ccccc32)c(OC)c1. The lowest BCUT2D eigenvalue weighted by molar-refractivity contribution is 0.0953. The van der Waals surface area contributed by atoms with E-state index in [1.54, 1.807) is 31.6 Å². The Hall–Kier alpha value is -4.13. The van der Waals surface area contributed by atoms with E-state index in [4.69, 9.17) is 14.5 Å². The molecule has 0 atom stereocenters. The van der Waals surface area contributed by atoms with Gasteiger partial charge in [-0.3, -0.25) is 9.78 Å². The van der Waals surface area contributed by atoms with Crippen LogP contribution >= 0.6 is 0 Å². The van der Waals surface area contributed by atoms with Crippen molar-refractivity contribution in [3.63, 3.8) is 0 Å². The van der Waals surface area contributed by atoms with Crippen LogP contribution in [0.4, 0.5) is 0 Å². The molecule has 2 aromatic heterocycles. The van der Waals surface area contributed by atoms with Gasteiger partial charge in [-0.05, 0) is 55.3 Å². The van der Waals surface area contributed by atoms with Crippen molar-refractivity contribution in [1.29, 1.82) is 0 Å². The average Bonchev–Trinajstić information content (AvgIpc) is 3.25. The number of methoxy groups -OCH3 is 1. The normalized spacial score (nSPS) is 11.1. The molecule has 0 aliphatic rings. The zero-order valence-electron chi connectivity index (χ0n) is 20.1. The lowest BCUT2D eigenvalue weighted by atomic mass is 10.2. The van der Waals surface area contributed by atoms with Crippen LogP contribution in [0, 0.1) is 0 Å². The summed E-state index contributed by atoms with van der Waals surface area (Å²) in [4.78, 5) is 21.1. The number of benzene rings is 2. The second-order valence-electron chi connectivity index (χ2n) is 8.03. The second kappa shape index (κ2) is 11.8. The Balaban J connectivity index is 1.38. The van der Waals surface area contributed by atoms with Crippen LogP contribution in [0.5, 0.6) is 11.5 Å². The summed E-state index contributed by atoms with van der Waals surface area (Å²) >= 11 is 0. The van der Waals surface area contributed by atoms with Crippen LogP contribution in [-0.4, -0.2) is 40.7 Å². The Labute approximate surface area is 205 Å². The summed E-state index contributed by atoms with van der Waals surface area (Å²) in [5.41, 5.74) is 3.65. The monoisotopic (exact) mass is 470 g/mol. The van der Waals surface area contributed by atoms with Crippen molar-refractivity contribution >= 4 is 23.0 Å². The first-order valence-corrected chi connectivity index (χ1v) is 11.8. The van der Waals surface area contributed by atoms with Gasteiger partial charge in [0.2, 0.25) is 0 Å². The molecular formula is C28H30N4O3. The van der Waals surface area contributed by atoms with E-state index in [-0.39, 0.29) is 5.91 Å². The summed E-state index contributed by atoms with van der Waals surface area (Å²) in [5.74, 6) is 2.25.